The smallest absolute Gasteiger partial charge is 0.275 e. The van der Waals surface area contributed by atoms with Crippen LogP contribution in [0.3, 0.4) is 0 Å². The summed E-state index contributed by atoms with van der Waals surface area (Å²) in [5.74, 6) is -1.41. The van der Waals surface area contributed by atoms with Crippen LogP contribution in [0.15, 0.2) is 71.8 Å². The number of rotatable bonds is 5. The van der Waals surface area contributed by atoms with Crippen molar-refractivity contribution < 1.29 is 19.8 Å². The maximum atomic E-state index is 12.4. The van der Waals surface area contributed by atoms with Crippen LogP contribution < -0.4 is 10.7 Å². The van der Waals surface area contributed by atoms with E-state index in [2.05, 4.69) is 15.8 Å². The van der Waals surface area contributed by atoms with Crippen LogP contribution in [0.1, 0.15) is 33.2 Å². The van der Waals surface area contributed by atoms with Crippen molar-refractivity contribution in [1.29, 1.82) is 0 Å². The second-order valence-electron chi connectivity index (χ2n) is 6.38. The number of phenols is 2. The second kappa shape index (κ2) is 9.11. The van der Waals surface area contributed by atoms with Crippen LogP contribution in [-0.4, -0.2) is 27.7 Å². The first-order chi connectivity index (χ1) is 14.3. The molecule has 0 fully saturated rings. The SMILES string of the molecule is C/C(=N/NC(=O)c1cc(O)ccc1O)c1cccc(NC(=O)c2cccc(Cl)c2)c1. The van der Waals surface area contributed by atoms with E-state index in [1.807, 2.05) is 0 Å². The number of carbonyl (C=O) groups excluding carboxylic acids is 2. The molecule has 0 saturated heterocycles. The van der Waals surface area contributed by atoms with Gasteiger partial charge < -0.3 is 15.5 Å². The van der Waals surface area contributed by atoms with E-state index in [9.17, 15) is 19.8 Å². The van der Waals surface area contributed by atoms with Crippen molar-refractivity contribution >= 4 is 34.8 Å². The largest absolute Gasteiger partial charge is 0.508 e. The van der Waals surface area contributed by atoms with E-state index in [-0.39, 0.29) is 23.0 Å². The Morgan fingerprint density at radius 2 is 1.63 bits per heavy atom. The molecule has 0 saturated carbocycles. The lowest BCUT2D eigenvalue weighted by molar-refractivity contribution is 0.0951. The lowest BCUT2D eigenvalue weighted by atomic mass is 10.1. The van der Waals surface area contributed by atoms with Gasteiger partial charge in [0.2, 0.25) is 0 Å². The van der Waals surface area contributed by atoms with Gasteiger partial charge in [-0.25, -0.2) is 5.43 Å². The number of nitrogens with zero attached hydrogens (tertiary/aromatic N) is 1. The highest BCUT2D eigenvalue weighted by Crippen LogP contribution is 2.22. The highest BCUT2D eigenvalue weighted by atomic mass is 35.5. The molecule has 0 aromatic heterocycles. The molecule has 0 unspecified atom stereocenters. The minimum atomic E-state index is -0.673. The van der Waals surface area contributed by atoms with Gasteiger partial charge in [0.15, 0.2) is 0 Å². The van der Waals surface area contributed by atoms with E-state index in [1.165, 1.54) is 12.1 Å². The second-order valence-corrected chi connectivity index (χ2v) is 6.82. The molecule has 3 aromatic carbocycles. The van der Waals surface area contributed by atoms with Gasteiger partial charge in [0, 0.05) is 16.3 Å². The van der Waals surface area contributed by atoms with Gasteiger partial charge in [0.05, 0.1) is 11.3 Å². The van der Waals surface area contributed by atoms with Gasteiger partial charge in [0.1, 0.15) is 11.5 Å². The van der Waals surface area contributed by atoms with Crippen LogP contribution in [0.5, 0.6) is 11.5 Å². The summed E-state index contributed by atoms with van der Waals surface area (Å²) in [6.07, 6.45) is 0. The zero-order valence-electron chi connectivity index (χ0n) is 15.9. The van der Waals surface area contributed by atoms with E-state index < -0.39 is 5.91 Å². The number of amides is 2. The van der Waals surface area contributed by atoms with Gasteiger partial charge in [-0.3, -0.25) is 9.59 Å². The molecule has 152 valence electrons. The fourth-order valence-electron chi connectivity index (χ4n) is 2.62. The monoisotopic (exact) mass is 423 g/mol. The molecule has 3 rings (SSSR count). The van der Waals surface area contributed by atoms with E-state index >= 15 is 0 Å². The molecule has 3 aromatic rings. The summed E-state index contributed by atoms with van der Waals surface area (Å²) in [5, 5.41) is 26.5. The summed E-state index contributed by atoms with van der Waals surface area (Å²) in [5.41, 5.74) is 4.34. The van der Waals surface area contributed by atoms with E-state index in [4.69, 9.17) is 11.6 Å². The molecule has 0 radical (unpaired) electrons. The zero-order valence-corrected chi connectivity index (χ0v) is 16.6. The normalized spacial score (nSPS) is 11.1. The highest BCUT2D eigenvalue weighted by Gasteiger charge is 2.12. The molecule has 0 aliphatic heterocycles. The molecule has 0 atom stereocenters. The molecule has 8 heteroatoms. The first-order valence-electron chi connectivity index (χ1n) is 8.87. The maximum Gasteiger partial charge on any atom is 0.275 e. The van der Waals surface area contributed by atoms with E-state index in [0.717, 1.165) is 6.07 Å². The third-order valence-corrected chi connectivity index (χ3v) is 4.41. The number of carbonyl (C=O) groups is 2. The van der Waals surface area contributed by atoms with Gasteiger partial charge >= 0.3 is 0 Å². The lowest BCUT2D eigenvalue weighted by Crippen LogP contribution is -2.19. The Labute approximate surface area is 177 Å². The average molecular weight is 424 g/mol. The number of aromatic hydroxyl groups is 2. The van der Waals surface area contributed by atoms with Gasteiger partial charge in [0.25, 0.3) is 11.8 Å². The Balaban J connectivity index is 1.72. The van der Waals surface area contributed by atoms with Crippen LogP contribution in [0.4, 0.5) is 5.69 Å². The minimum absolute atomic E-state index is 0.103. The summed E-state index contributed by atoms with van der Waals surface area (Å²) in [6, 6.07) is 17.2. The number of hydrogen-bond donors (Lipinski definition) is 4. The molecule has 0 aliphatic carbocycles. The van der Waals surface area contributed by atoms with Crippen LogP contribution in [-0.2, 0) is 0 Å². The van der Waals surface area contributed by atoms with Gasteiger partial charge in [-0.05, 0) is 61.0 Å². The van der Waals surface area contributed by atoms with Crippen molar-refractivity contribution in [3.63, 3.8) is 0 Å². The Hall–Kier alpha value is -3.84. The van der Waals surface area contributed by atoms with Crippen LogP contribution in [0.2, 0.25) is 5.02 Å². The fraction of sp³-hybridized carbons (Fsp3) is 0.0455. The predicted molar refractivity (Wildman–Crippen MR) is 115 cm³/mol. The summed E-state index contributed by atoms with van der Waals surface area (Å²) >= 11 is 5.92. The Morgan fingerprint density at radius 3 is 2.40 bits per heavy atom. The summed E-state index contributed by atoms with van der Waals surface area (Å²) < 4.78 is 0. The minimum Gasteiger partial charge on any atom is -0.508 e. The first-order valence-corrected chi connectivity index (χ1v) is 9.25. The van der Waals surface area contributed by atoms with E-state index in [1.54, 1.807) is 55.5 Å². The summed E-state index contributed by atoms with van der Waals surface area (Å²) in [6.45, 7) is 1.68. The molecule has 2 amide bonds. The number of halogens is 1. The number of phenolic OH excluding ortho intramolecular Hbond substituents is 2. The molecule has 0 spiro atoms. The lowest BCUT2D eigenvalue weighted by Gasteiger charge is -2.08. The van der Waals surface area contributed by atoms with Gasteiger partial charge in [-0.1, -0.05) is 29.8 Å². The molecule has 0 bridgehead atoms. The van der Waals surface area contributed by atoms with Gasteiger partial charge in [-0.2, -0.15) is 5.10 Å². The van der Waals surface area contributed by atoms with Crippen LogP contribution in [0, 0.1) is 0 Å². The third-order valence-electron chi connectivity index (χ3n) is 4.17. The van der Waals surface area contributed by atoms with Gasteiger partial charge in [-0.15, -0.1) is 0 Å². The molecule has 0 heterocycles. The predicted octanol–water partition coefficient (Wildman–Crippen LogP) is 4.16. The van der Waals surface area contributed by atoms with Crippen molar-refractivity contribution in [2.24, 2.45) is 5.10 Å². The zero-order chi connectivity index (χ0) is 21.7. The quantitative estimate of drug-likeness (QED) is 0.280. The van der Waals surface area contributed by atoms with Crippen molar-refractivity contribution in [3.05, 3.63) is 88.4 Å². The highest BCUT2D eigenvalue weighted by molar-refractivity contribution is 6.31. The molecular weight excluding hydrogens is 406 g/mol. The number of benzene rings is 3. The fourth-order valence-corrected chi connectivity index (χ4v) is 2.81. The Bertz CT molecular complexity index is 1140. The Morgan fingerprint density at radius 1 is 0.900 bits per heavy atom. The number of nitrogens with one attached hydrogen (secondary N) is 2. The first kappa shape index (κ1) is 20.9. The van der Waals surface area contributed by atoms with Crippen molar-refractivity contribution in [3.8, 4) is 11.5 Å². The summed E-state index contributed by atoms with van der Waals surface area (Å²) in [4.78, 5) is 24.6. The number of hydrogen-bond acceptors (Lipinski definition) is 5. The molecule has 0 aliphatic rings. The molecule has 30 heavy (non-hydrogen) atoms. The maximum absolute atomic E-state index is 12.4. The summed E-state index contributed by atoms with van der Waals surface area (Å²) in [7, 11) is 0. The van der Waals surface area contributed by atoms with Crippen molar-refractivity contribution in [2.45, 2.75) is 6.92 Å². The van der Waals surface area contributed by atoms with Crippen LogP contribution >= 0.6 is 11.6 Å². The van der Waals surface area contributed by atoms with Crippen molar-refractivity contribution in [2.75, 3.05) is 5.32 Å². The average Bonchev–Trinajstić information content (AvgIpc) is 2.73. The molecule has 7 nitrogen and oxygen atoms in total. The van der Waals surface area contributed by atoms with Crippen LogP contribution in [0.25, 0.3) is 0 Å². The number of anilines is 1. The third kappa shape index (κ3) is 5.15. The topological polar surface area (TPSA) is 111 Å². The number of hydrazone groups is 1. The molecular formula is C22H18ClN3O4. The standard InChI is InChI=1S/C22H18ClN3O4/c1-13(25-26-22(30)19-12-18(27)8-9-20(19)28)14-4-3-7-17(11-14)24-21(29)15-5-2-6-16(23)10-15/h2-12,27-28H,1H3,(H,24,29)(H,26,30)/b25-13-. The van der Waals surface area contributed by atoms with E-state index in [0.29, 0.717) is 27.5 Å². The Kier molecular flexibility index (Phi) is 6.34. The molecule has 4 N–H and O–H groups in total. The van der Waals surface area contributed by atoms with Crippen molar-refractivity contribution in [1.82, 2.24) is 5.43 Å².